The number of hydrogen-bond donors (Lipinski definition) is 1. The average molecular weight is 444 g/mol. The Hall–Kier alpha value is -2.39. The van der Waals surface area contributed by atoms with Gasteiger partial charge in [0.05, 0.1) is 5.75 Å². The lowest BCUT2D eigenvalue weighted by Gasteiger charge is -2.13. The summed E-state index contributed by atoms with van der Waals surface area (Å²) >= 11 is 2.66. The van der Waals surface area contributed by atoms with Crippen LogP contribution in [0.3, 0.4) is 0 Å². The normalized spacial score (nSPS) is 13.9. The van der Waals surface area contributed by atoms with Gasteiger partial charge in [0.25, 0.3) is 5.56 Å². The molecule has 7 nitrogen and oxygen atoms in total. The molecule has 0 spiro atoms. The number of fused-ring (bicyclic) bond motifs is 1. The van der Waals surface area contributed by atoms with Gasteiger partial charge in [-0.05, 0) is 44.7 Å². The zero-order valence-corrected chi connectivity index (χ0v) is 19.2. The third kappa shape index (κ3) is 4.09. The van der Waals surface area contributed by atoms with Gasteiger partial charge in [0.2, 0.25) is 5.91 Å². The molecule has 0 saturated carbocycles. The zero-order valence-electron chi connectivity index (χ0n) is 17.6. The van der Waals surface area contributed by atoms with E-state index in [1.807, 2.05) is 20.8 Å². The van der Waals surface area contributed by atoms with Gasteiger partial charge in [-0.3, -0.25) is 14.2 Å². The second-order valence-corrected chi connectivity index (χ2v) is 9.63. The van der Waals surface area contributed by atoms with E-state index in [4.69, 9.17) is 0 Å². The van der Waals surface area contributed by atoms with Crippen molar-refractivity contribution in [3.63, 3.8) is 0 Å². The summed E-state index contributed by atoms with van der Waals surface area (Å²) in [5.74, 6) is 0.0437. The highest BCUT2D eigenvalue weighted by atomic mass is 32.2. The maximum absolute atomic E-state index is 12.8. The molecule has 9 heteroatoms. The highest BCUT2D eigenvalue weighted by Gasteiger charge is 2.20. The van der Waals surface area contributed by atoms with Crippen LogP contribution in [0.5, 0.6) is 0 Å². The number of thioether (sulfide) groups is 1. The molecule has 1 N–H and O–H groups in total. The van der Waals surface area contributed by atoms with Crippen molar-refractivity contribution in [1.82, 2.24) is 14.5 Å². The van der Waals surface area contributed by atoms with E-state index in [1.165, 1.54) is 33.2 Å². The summed E-state index contributed by atoms with van der Waals surface area (Å²) in [5.41, 5.74) is 4.44. The molecule has 0 unspecified atom stereocenters. The van der Waals surface area contributed by atoms with Crippen molar-refractivity contribution in [3.05, 3.63) is 39.2 Å². The highest BCUT2D eigenvalue weighted by molar-refractivity contribution is 7.99. The van der Waals surface area contributed by atoms with Crippen molar-refractivity contribution in [2.75, 3.05) is 29.1 Å². The van der Waals surface area contributed by atoms with Crippen molar-refractivity contribution >= 4 is 50.2 Å². The lowest BCUT2D eigenvalue weighted by Crippen LogP contribution is -2.21. The molecule has 1 amide bonds. The molecule has 1 aliphatic rings. The topological polar surface area (TPSA) is 80.1 Å². The fraction of sp³-hybridized carbons (Fsp3) is 0.429. The maximum Gasteiger partial charge on any atom is 0.273 e. The van der Waals surface area contributed by atoms with E-state index < -0.39 is 0 Å². The van der Waals surface area contributed by atoms with E-state index in [-0.39, 0.29) is 17.2 Å². The number of thiazole rings is 1. The third-order valence-electron chi connectivity index (χ3n) is 5.24. The predicted molar refractivity (Wildman–Crippen MR) is 124 cm³/mol. The molecule has 4 rings (SSSR count). The molecular formula is C21H25N5O2S2. The van der Waals surface area contributed by atoms with Gasteiger partial charge in [0.15, 0.2) is 15.9 Å². The van der Waals surface area contributed by atoms with E-state index in [0.29, 0.717) is 15.5 Å². The Bertz CT molecular complexity index is 1160. The summed E-state index contributed by atoms with van der Waals surface area (Å²) in [6, 6.07) is 4.10. The molecule has 1 aliphatic heterocycles. The second-order valence-electron chi connectivity index (χ2n) is 7.71. The summed E-state index contributed by atoms with van der Waals surface area (Å²) in [6.07, 6.45) is 2.30. The maximum atomic E-state index is 12.8. The summed E-state index contributed by atoms with van der Waals surface area (Å²) in [5, 5.41) is 4.35. The van der Waals surface area contributed by atoms with Crippen LogP contribution in [0.4, 0.5) is 10.8 Å². The zero-order chi connectivity index (χ0) is 21.4. The van der Waals surface area contributed by atoms with Gasteiger partial charge in [0.1, 0.15) is 4.70 Å². The first-order valence-electron chi connectivity index (χ1n) is 9.96. The fourth-order valence-electron chi connectivity index (χ4n) is 3.78. The lowest BCUT2D eigenvalue weighted by molar-refractivity contribution is -0.113. The Morgan fingerprint density at radius 1 is 1.17 bits per heavy atom. The molecule has 1 aromatic carbocycles. The molecule has 158 valence electrons. The minimum atomic E-state index is -0.125. The van der Waals surface area contributed by atoms with Crippen molar-refractivity contribution in [3.8, 4) is 0 Å². The van der Waals surface area contributed by atoms with Gasteiger partial charge in [-0.2, -0.15) is 4.98 Å². The number of aromatic nitrogens is 3. The van der Waals surface area contributed by atoms with Gasteiger partial charge >= 0.3 is 0 Å². The lowest BCUT2D eigenvalue weighted by atomic mass is 10.1. The Morgan fingerprint density at radius 2 is 1.83 bits per heavy atom. The quantitative estimate of drug-likeness (QED) is 0.479. The molecule has 2 aromatic heterocycles. The number of anilines is 2. The highest BCUT2D eigenvalue weighted by Crippen LogP contribution is 2.29. The molecule has 3 aromatic rings. The van der Waals surface area contributed by atoms with Crippen LogP contribution in [0.25, 0.3) is 10.3 Å². The van der Waals surface area contributed by atoms with Crippen LogP contribution in [-0.2, 0) is 11.8 Å². The minimum Gasteiger partial charge on any atom is -0.348 e. The summed E-state index contributed by atoms with van der Waals surface area (Å²) < 4.78 is 2.08. The van der Waals surface area contributed by atoms with Crippen LogP contribution in [0.2, 0.25) is 0 Å². The van der Waals surface area contributed by atoms with Gasteiger partial charge in [-0.25, -0.2) is 4.98 Å². The van der Waals surface area contributed by atoms with Crippen LogP contribution in [0.15, 0.2) is 22.1 Å². The number of benzene rings is 1. The Kier molecular flexibility index (Phi) is 5.84. The van der Waals surface area contributed by atoms with Crippen LogP contribution in [0.1, 0.15) is 29.5 Å². The number of nitrogens with zero attached hydrogens (tertiary/aromatic N) is 4. The first-order valence-corrected chi connectivity index (χ1v) is 11.8. The van der Waals surface area contributed by atoms with Crippen molar-refractivity contribution in [2.24, 2.45) is 7.05 Å². The number of rotatable bonds is 5. The van der Waals surface area contributed by atoms with Crippen molar-refractivity contribution in [1.29, 1.82) is 0 Å². The van der Waals surface area contributed by atoms with Crippen LogP contribution < -0.4 is 15.8 Å². The minimum absolute atomic E-state index is 0.115. The number of aryl methyl sites for hydroxylation is 3. The van der Waals surface area contributed by atoms with Gasteiger partial charge in [0, 0.05) is 25.8 Å². The first kappa shape index (κ1) is 20.9. The number of nitrogens with one attached hydrogen (secondary N) is 1. The van der Waals surface area contributed by atoms with Crippen molar-refractivity contribution < 1.29 is 4.79 Å². The molecule has 0 radical (unpaired) electrons. The van der Waals surface area contributed by atoms with Gasteiger partial charge in [-0.15, -0.1) is 0 Å². The van der Waals surface area contributed by atoms with E-state index in [0.717, 1.165) is 47.9 Å². The molecule has 3 heterocycles. The van der Waals surface area contributed by atoms with Gasteiger partial charge < -0.3 is 10.2 Å². The van der Waals surface area contributed by atoms with Crippen molar-refractivity contribution in [2.45, 2.75) is 38.8 Å². The fourth-order valence-corrected chi connectivity index (χ4v) is 5.57. The van der Waals surface area contributed by atoms with E-state index in [9.17, 15) is 9.59 Å². The first-order chi connectivity index (χ1) is 14.3. The number of carbonyl (C=O) groups is 1. The number of amides is 1. The summed E-state index contributed by atoms with van der Waals surface area (Å²) in [7, 11) is 1.69. The molecule has 0 aliphatic carbocycles. The Labute approximate surface area is 183 Å². The monoisotopic (exact) mass is 443 g/mol. The molecule has 1 fully saturated rings. The smallest absolute Gasteiger partial charge is 0.273 e. The van der Waals surface area contributed by atoms with E-state index >= 15 is 0 Å². The molecule has 1 saturated heterocycles. The van der Waals surface area contributed by atoms with Gasteiger partial charge in [-0.1, -0.05) is 40.8 Å². The number of hydrogen-bond acceptors (Lipinski definition) is 7. The van der Waals surface area contributed by atoms with Crippen LogP contribution >= 0.6 is 23.1 Å². The molecule has 30 heavy (non-hydrogen) atoms. The second kappa shape index (κ2) is 8.39. The number of carbonyl (C=O) groups excluding carboxylic acids is 1. The summed E-state index contributed by atoms with van der Waals surface area (Å²) in [4.78, 5) is 36.7. The molecule has 0 bridgehead atoms. The third-order valence-corrected chi connectivity index (χ3v) is 7.36. The Morgan fingerprint density at radius 3 is 2.50 bits per heavy atom. The Balaban J connectivity index is 1.51. The van der Waals surface area contributed by atoms with Crippen LogP contribution in [-0.4, -0.2) is 39.3 Å². The summed E-state index contributed by atoms with van der Waals surface area (Å²) in [6.45, 7) is 7.96. The molecular weight excluding hydrogens is 418 g/mol. The standard InChI is InChI=1S/C21H25N5O2S2/c1-12-9-13(2)16(14(3)10-12)22-15(27)11-29-20-23-18-17(19(28)25(20)4)30-21(24-18)26-7-5-6-8-26/h9-10H,5-8,11H2,1-4H3,(H,22,27). The predicted octanol–water partition coefficient (Wildman–Crippen LogP) is 3.65. The van der Waals surface area contributed by atoms with E-state index in [1.54, 1.807) is 7.05 Å². The largest absolute Gasteiger partial charge is 0.348 e. The van der Waals surface area contributed by atoms with E-state index in [2.05, 4.69) is 32.3 Å². The molecule has 0 atom stereocenters. The average Bonchev–Trinajstić information content (AvgIpc) is 3.36. The SMILES string of the molecule is Cc1cc(C)c(NC(=O)CSc2nc3nc(N4CCCC4)sc3c(=O)n2C)c(C)c1. The van der Waals surface area contributed by atoms with Crippen LogP contribution in [0, 0.1) is 20.8 Å².